The number of rotatable bonds is 5. The SMILES string of the molecule is CN(C)CCn1nc2n(c1=O)CCC(NC(=O)c1ccc3ccn(C)c3n1)CC2. The Kier molecular flexibility index (Phi) is 5.23. The first-order chi connectivity index (χ1) is 13.9. The van der Waals surface area contributed by atoms with Gasteiger partial charge in [0.2, 0.25) is 0 Å². The van der Waals surface area contributed by atoms with E-state index >= 15 is 0 Å². The standard InChI is InChI=1S/C20H27N7O2/c1-24(2)12-13-27-20(29)26-11-9-15(5-7-17(26)23-27)21-19(28)16-6-4-14-8-10-25(3)18(14)22-16/h4,6,8,10,15H,5,7,9,11-13H2,1-3H3,(H,21,28). The maximum atomic E-state index is 12.7. The Bertz CT molecular complexity index is 1090. The zero-order valence-corrected chi connectivity index (χ0v) is 17.1. The van der Waals surface area contributed by atoms with Crippen molar-refractivity contribution in [1.82, 2.24) is 34.1 Å². The summed E-state index contributed by atoms with van der Waals surface area (Å²) in [5.74, 6) is 0.620. The van der Waals surface area contributed by atoms with Crippen LogP contribution in [0.4, 0.5) is 0 Å². The van der Waals surface area contributed by atoms with Crippen LogP contribution in [-0.2, 0) is 26.6 Å². The number of fused-ring (bicyclic) bond motifs is 2. The molecule has 1 amide bonds. The number of hydrogen-bond acceptors (Lipinski definition) is 5. The second kappa shape index (κ2) is 7.82. The molecule has 154 valence electrons. The Morgan fingerprint density at radius 2 is 2.10 bits per heavy atom. The van der Waals surface area contributed by atoms with Crippen molar-refractivity contribution in [3.63, 3.8) is 0 Å². The smallest absolute Gasteiger partial charge is 0.345 e. The molecule has 9 heteroatoms. The monoisotopic (exact) mass is 397 g/mol. The van der Waals surface area contributed by atoms with Crippen LogP contribution < -0.4 is 11.0 Å². The fraction of sp³-hybridized carbons (Fsp3) is 0.500. The fourth-order valence-electron chi connectivity index (χ4n) is 3.73. The molecule has 0 radical (unpaired) electrons. The summed E-state index contributed by atoms with van der Waals surface area (Å²) in [6, 6.07) is 5.63. The van der Waals surface area contributed by atoms with Gasteiger partial charge in [0, 0.05) is 44.2 Å². The third-order valence-electron chi connectivity index (χ3n) is 5.46. The molecule has 3 aromatic rings. The summed E-state index contributed by atoms with van der Waals surface area (Å²) >= 11 is 0. The number of amides is 1. The van der Waals surface area contributed by atoms with Gasteiger partial charge in [0.05, 0.1) is 6.54 Å². The van der Waals surface area contributed by atoms with Crippen molar-refractivity contribution in [3.8, 4) is 0 Å². The van der Waals surface area contributed by atoms with Gasteiger partial charge in [-0.05, 0) is 45.1 Å². The van der Waals surface area contributed by atoms with E-state index in [4.69, 9.17) is 0 Å². The molecule has 1 atom stereocenters. The molecule has 1 aliphatic rings. The van der Waals surface area contributed by atoms with Crippen LogP contribution in [0, 0.1) is 0 Å². The third-order valence-corrected chi connectivity index (χ3v) is 5.46. The lowest BCUT2D eigenvalue weighted by molar-refractivity contribution is 0.0928. The zero-order chi connectivity index (χ0) is 20.5. The second-order valence-corrected chi connectivity index (χ2v) is 7.91. The number of nitrogens with zero attached hydrogens (tertiary/aromatic N) is 6. The molecule has 9 nitrogen and oxygen atoms in total. The van der Waals surface area contributed by atoms with Crippen molar-refractivity contribution in [1.29, 1.82) is 0 Å². The molecule has 4 rings (SSSR count). The van der Waals surface area contributed by atoms with Gasteiger partial charge in [-0.15, -0.1) is 0 Å². The number of carbonyl (C=O) groups is 1. The van der Waals surface area contributed by atoms with Crippen molar-refractivity contribution < 1.29 is 4.79 Å². The summed E-state index contributed by atoms with van der Waals surface area (Å²) < 4.78 is 5.20. The molecule has 4 heterocycles. The summed E-state index contributed by atoms with van der Waals surface area (Å²) in [7, 11) is 5.86. The molecule has 0 fully saturated rings. The highest BCUT2D eigenvalue weighted by atomic mass is 16.2. The Morgan fingerprint density at radius 1 is 1.28 bits per heavy atom. The van der Waals surface area contributed by atoms with E-state index < -0.39 is 0 Å². The molecule has 0 saturated heterocycles. The summed E-state index contributed by atoms with van der Waals surface area (Å²) in [5, 5.41) is 8.60. The Morgan fingerprint density at radius 3 is 2.90 bits per heavy atom. The minimum atomic E-state index is -0.180. The van der Waals surface area contributed by atoms with E-state index in [1.807, 2.05) is 48.9 Å². The molecule has 1 unspecified atom stereocenters. The highest BCUT2D eigenvalue weighted by Crippen LogP contribution is 2.15. The second-order valence-electron chi connectivity index (χ2n) is 7.91. The van der Waals surface area contributed by atoms with Crippen molar-refractivity contribution in [2.24, 2.45) is 7.05 Å². The number of aryl methyl sites for hydroxylation is 2. The van der Waals surface area contributed by atoms with Gasteiger partial charge in [0.25, 0.3) is 5.91 Å². The van der Waals surface area contributed by atoms with Crippen molar-refractivity contribution in [2.45, 2.75) is 38.4 Å². The summed E-state index contributed by atoms with van der Waals surface area (Å²) in [5.41, 5.74) is 1.13. The molecule has 1 aliphatic heterocycles. The van der Waals surface area contributed by atoms with E-state index in [-0.39, 0.29) is 17.6 Å². The summed E-state index contributed by atoms with van der Waals surface area (Å²) in [6.45, 7) is 1.91. The van der Waals surface area contributed by atoms with Gasteiger partial charge in [0.1, 0.15) is 17.2 Å². The van der Waals surface area contributed by atoms with Gasteiger partial charge in [-0.2, -0.15) is 5.10 Å². The Hall–Kier alpha value is -2.94. The highest BCUT2D eigenvalue weighted by molar-refractivity contribution is 5.94. The molecule has 0 aromatic carbocycles. The van der Waals surface area contributed by atoms with Crippen LogP contribution in [0.3, 0.4) is 0 Å². The van der Waals surface area contributed by atoms with Crippen LogP contribution in [0.5, 0.6) is 0 Å². The molecular weight excluding hydrogens is 370 g/mol. The number of likely N-dealkylation sites (N-methyl/N-ethyl adjacent to an activating group) is 1. The normalized spacial score (nSPS) is 16.8. The van der Waals surface area contributed by atoms with Crippen LogP contribution in [0.1, 0.15) is 29.2 Å². The highest BCUT2D eigenvalue weighted by Gasteiger charge is 2.23. The van der Waals surface area contributed by atoms with Gasteiger partial charge >= 0.3 is 5.69 Å². The maximum Gasteiger partial charge on any atom is 0.345 e. The Labute approximate surface area is 168 Å². The van der Waals surface area contributed by atoms with Crippen LogP contribution >= 0.6 is 0 Å². The van der Waals surface area contributed by atoms with Crippen molar-refractivity contribution in [3.05, 3.63) is 46.4 Å². The predicted molar refractivity (Wildman–Crippen MR) is 110 cm³/mol. The van der Waals surface area contributed by atoms with E-state index in [0.717, 1.165) is 29.8 Å². The number of aromatic nitrogens is 5. The van der Waals surface area contributed by atoms with Gasteiger partial charge in [-0.3, -0.25) is 9.36 Å². The minimum absolute atomic E-state index is 0.00951. The molecule has 0 spiro atoms. The zero-order valence-electron chi connectivity index (χ0n) is 17.1. The van der Waals surface area contributed by atoms with Gasteiger partial charge in [-0.25, -0.2) is 14.5 Å². The fourth-order valence-corrected chi connectivity index (χ4v) is 3.73. The molecule has 0 saturated carbocycles. The molecule has 1 N–H and O–H groups in total. The predicted octanol–water partition coefficient (Wildman–Crippen LogP) is 0.628. The lowest BCUT2D eigenvalue weighted by Gasteiger charge is -2.16. The maximum absolute atomic E-state index is 12.7. The van der Waals surface area contributed by atoms with Crippen LogP contribution in [0.25, 0.3) is 11.0 Å². The summed E-state index contributed by atoms with van der Waals surface area (Å²) in [6.07, 6.45) is 4.05. The van der Waals surface area contributed by atoms with Crippen LogP contribution in [0.15, 0.2) is 29.2 Å². The molecule has 0 bridgehead atoms. The van der Waals surface area contributed by atoms with Gasteiger partial charge in [0.15, 0.2) is 0 Å². The van der Waals surface area contributed by atoms with E-state index in [1.165, 1.54) is 0 Å². The van der Waals surface area contributed by atoms with E-state index in [1.54, 1.807) is 15.3 Å². The molecule has 29 heavy (non-hydrogen) atoms. The van der Waals surface area contributed by atoms with E-state index in [2.05, 4.69) is 15.4 Å². The van der Waals surface area contributed by atoms with Crippen molar-refractivity contribution >= 4 is 16.9 Å². The number of carbonyl (C=O) groups excluding carboxylic acids is 1. The first-order valence-corrected chi connectivity index (χ1v) is 9.96. The third kappa shape index (κ3) is 3.95. The van der Waals surface area contributed by atoms with E-state index in [0.29, 0.717) is 31.6 Å². The quantitative estimate of drug-likeness (QED) is 0.682. The molecular formula is C20H27N7O2. The first kappa shape index (κ1) is 19.4. The lowest BCUT2D eigenvalue weighted by Crippen LogP contribution is -2.36. The number of nitrogens with one attached hydrogen (secondary N) is 1. The van der Waals surface area contributed by atoms with Gasteiger partial charge < -0.3 is 14.8 Å². The minimum Gasteiger partial charge on any atom is -0.348 e. The van der Waals surface area contributed by atoms with Crippen LogP contribution in [-0.4, -0.2) is 61.4 Å². The first-order valence-electron chi connectivity index (χ1n) is 9.96. The molecule has 3 aromatic heterocycles. The average molecular weight is 397 g/mol. The van der Waals surface area contributed by atoms with Crippen LogP contribution in [0.2, 0.25) is 0 Å². The largest absolute Gasteiger partial charge is 0.348 e. The number of hydrogen-bond donors (Lipinski definition) is 1. The van der Waals surface area contributed by atoms with Gasteiger partial charge in [-0.1, -0.05) is 0 Å². The van der Waals surface area contributed by atoms with E-state index in [9.17, 15) is 9.59 Å². The molecule has 0 aliphatic carbocycles. The van der Waals surface area contributed by atoms with Crippen molar-refractivity contribution in [2.75, 3.05) is 20.6 Å². The lowest BCUT2D eigenvalue weighted by atomic mass is 10.1. The average Bonchev–Trinajstić information content (AvgIpc) is 3.13. The summed E-state index contributed by atoms with van der Waals surface area (Å²) in [4.78, 5) is 31.8. The topological polar surface area (TPSA) is 90.0 Å². The number of pyridine rings is 1. The Balaban J connectivity index is 1.42.